The van der Waals surface area contributed by atoms with Gasteiger partial charge in [0.05, 0.1) is 22.7 Å². The zero-order valence-corrected chi connectivity index (χ0v) is 9.42. The molecule has 0 saturated carbocycles. The Morgan fingerprint density at radius 2 is 2.19 bits per heavy atom. The molecule has 0 aliphatic carbocycles. The van der Waals surface area contributed by atoms with Gasteiger partial charge in [-0.05, 0) is 12.1 Å². The molecule has 1 aliphatic heterocycles. The molecule has 1 saturated heterocycles. The zero-order chi connectivity index (χ0) is 11.6. The lowest BCUT2D eigenvalue weighted by molar-refractivity contribution is -0.123. The molecular formula is C11H13ClN2O2. The molecule has 1 fully saturated rings. The fraction of sp³-hybridized carbons (Fsp3) is 0.364. The largest absolute Gasteiger partial charge is 0.387 e. The number of carbonyl (C=O) groups is 1. The Morgan fingerprint density at radius 1 is 1.50 bits per heavy atom. The van der Waals surface area contributed by atoms with E-state index in [-0.39, 0.29) is 12.3 Å². The van der Waals surface area contributed by atoms with Crippen LogP contribution in [0.4, 0.5) is 5.69 Å². The van der Waals surface area contributed by atoms with Crippen LogP contribution >= 0.6 is 11.6 Å². The highest BCUT2D eigenvalue weighted by Crippen LogP contribution is 2.22. The quantitative estimate of drug-likeness (QED) is 0.739. The van der Waals surface area contributed by atoms with Gasteiger partial charge in [-0.3, -0.25) is 4.79 Å². The van der Waals surface area contributed by atoms with Crippen LogP contribution in [0.3, 0.4) is 0 Å². The van der Waals surface area contributed by atoms with Crippen LogP contribution in [0, 0.1) is 0 Å². The minimum atomic E-state index is -0.897. The molecule has 1 aliphatic rings. The van der Waals surface area contributed by atoms with Crippen LogP contribution in [0.2, 0.25) is 5.02 Å². The number of benzene rings is 1. The summed E-state index contributed by atoms with van der Waals surface area (Å²) in [7, 11) is 0. The van der Waals surface area contributed by atoms with Crippen LogP contribution in [0.5, 0.6) is 0 Å². The highest BCUT2D eigenvalue weighted by Gasteiger charge is 2.36. The second-order valence-electron chi connectivity index (χ2n) is 4.03. The van der Waals surface area contributed by atoms with Gasteiger partial charge in [-0.2, -0.15) is 0 Å². The SMILES string of the molecule is O=C(CC1(O)CNC1)Nc1ccccc1Cl. The van der Waals surface area contributed by atoms with Crippen molar-refractivity contribution < 1.29 is 9.90 Å². The fourth-order valence-electron chi connectivity index (χ4n) is 1.59. The third kappa shape index (κ3) is 2.52. The van der Waals surface area contributed by atoms with Crippen molar-refractivity contribution in [3.8, 4) is 0 Å². The average molecular weight is 241 g/mol. The molecule has 86 valence electrons. The van der Waals surface area contributed by atoms with Crippen LogP contribution < -0.4 is 10.6 Å². The molecule has 16 heavy (non-hydrogen) atoms. The summed E-state index contributed by atoms with van der Waals surface area (Å²) in [5.41, 5.74) is -0.323. The Balaban J connectivity index is 1.95. The molecule has 1 aromatic carbocycles. The van der Waals surface area contributed by atoms with Crippen LogP contribution in [0.15, 0.2) is 24.3 Å². The summed E-state index contributed by atoms with van der Waals surface area (Å²) in [5.74, 6) is -0.225. The number of halogens is 1. The number of hydrogen-bond donors (Lipinski definition) is 3. The molecule has 0 radical (unpaired) electrons. The Kier molecular flexibility index (Phi) is 3.14. The van der Waals surface area contributed by atoms with E-state index in [1.807, 2.05) is 0 Å². The van der Waals surface area contributed by atoms with Gasteiger partial charge in [0, 0.05) is 13.1 Å². The van der Waals surface area contributed by atoms with Crippen molar-refractivity contribution in [3.63, 3.8) is 0 Å². The van der Waals surface area contributed by atoms with Gasteiger partial charge in [-0.1, -0.05) is 23.7 Å². The van der Waals surface area contributed by atoms with E-state index >= 15 is 0 Å². The average Bonchev–Trinajstić information content (AvgIpc) is 2.19. The summed E-state index contributed by atoms with van der Waals surface area (Å²) in [6, 6.07) is 7.02. The molecule has 0 bridgehead atoms. The predicted molar refractivity (Wildman–Crippen MR) is 62.5 cm³/mol. The topological polar surface area (TPSA) is 61.4 Å². The standard InChI is InChI=1S/C11H13ClN2O2/c12-8-3-1-2-4-9(8)14-10(15)5-11(16)6-13-7-11/h1-4,13,16H,5-7H2,(H,14,15). The maximum Gasteiger partial charge on any atom is 0.227 e. The number of nitrogens with one attached hydrogen (secondary N) is 2. The molecule has 0 spiro atoms. The van der Waals surface area contributed by atoms with Gasteiger partial charge in [0.1, 0.15) is 0 Å². The Hall–Kier alpha value is -1.10. The number of anilines is 1. The third-order valence-corrected chi connectivity index (χ3v) is 2.88. The maximum atomic E-state index is 11.6. The Morgan fingerprint density at radius 3 is 2.75 bits per heavy atom. The number of rotatable bonds is 3. The first kappa shape index (κ1) is 11.4. The van der Waals surface area contributed by atoms with E-state index in [2.05, 4.69) is 10.6 Å². The smallest absolute Gasteiger partial charge is 0.227 e. The van der Waals surface area contributed by atoms with E-state index < -0.39 is 5.60 Å². The molecule has 1 heterocycles. The molecule has 0 unspecified atom stereocenters. The first-order chi connectivity index (χ1) is 7.59. The fourth-order valence-corrected chi connectivity index (χ4v) is 1.78. The van der Waals surface area contributed by atoms with Gasteiger partial charge in [0.15, 0.2) is 0 Å². The molecule has 4 nitrogen and oxygen atoms in total. The molecule has 5 heteroatoms. The van der Waals surface area contributed by atoms with Crippen LogP contribution in [0.1, 0.15) is 6.42 Å². The second kappa shape index (κ2) is 4.41. The van der Waals surface area contributed by atoms with Crippen molar-refractivity contribution >= 4 is 23.2 Å². The van der Waals surface area contributed by atoms with Crippen LogP contribution in [-0.4, -0.2) is 29.7 Å². The van der Waals surface area contributed by atoms with E-state index in [4.69, 9.17) is 11.6 Å². The first-order valence-corrected chi connectivity index (χ1v) is 5.44. The number of aliphatic hydroxyl groups is 1. The van der Waals surface area contributed by atoms with Crippen molar-refractivity contribution in [2.75, 3.05) is 18.4 Å². The van der Waals surface area contributed by atoms with Crippen LogP contribution in [0.25, 0.3) is 0 Å². The van der Waals surface area contributed by atoms with Gasteiger partial charge >= 0.3 is 0 Å². The molecule has 1 amide bonds. The van der Waals surface area contributed by atoms with Crippen molar-refractivity contribution in [1.29, 1.82) is 0 Å². The predicted octanol–water partition coefficient (Wildman–Crippen LogP) is 1.00. The third-order valence-electron chi connectivity index (χ3n) is 2.55. The first-order valence-electron chi connectivity index (χ1n) is 5.07. The Bertz CT molecular complexity index is 405. The van der Waals surface area contributed by atoms with E-state index in [0.29, 0.717) is 23.8 Å². The maximum absolute atomic E-state index is 11.6. The highest BCUT2D eigenvalue weighted by molar-refractivity contribution is 6.33. The Labute approximate surface area is 98.6 Å². The molecular weight excluding hydrogens is 228 g/mol. The lowest BCUT2D eigenvalue weighted by Gasteiger charge is -2.36. The summed E-state index contributed by atoms with van der Waals surface area (Å²) >= 11 is 5.90. The van der Waals surface area contributed by atoms with Crippen molar-refractivity contribution in [2.24, 2.45) is 0 Å². The minimum Gasteiger partial charge on any atom is -0.387 e. The summed E-state index contributed by atoms with van der Waals surface area (Å²) in [5, 5.41) is 15.9. The minimum absolute atomic E-state index is 0.0885. The van der Waals surface area contributed by atoms with E-state index in [1.54, 1.807) is 24.3 Å². The van der Waals surface area contributed by atoms with Gasteiger partial charge in [-0.15, -0.1) is 0 Å². The van der Waals surface area contributed by atoms with E-state index in [9.17, 15) is 9.90 Å². The van der Waals surface area contributed by atoms with Crippen molar-refractivity contribution in [1.82, 2.24) is 5.32 Å². The molecule has 1 aromatic rings. The monoisotopic (exact) mass is 240 g/mol. The number of β-amino-alcohol motifs (C(OH)–C–C–N with tert-alkyl or cyclic N) is 1. The van der Waals surface area contributed by atoms with Crippen LogP contribution in [-0.2, 0) is 4.79 Å². The summed E-state index contributed by atoms with van der Waals surface area (Å²) in [4.78, 5) is 11.6. The van der Waals surface area contributed by atoms with E-state index in [0.717, 1.165) is 0 Å². The zero-order valence-electron chi connectivity index (χ0n) is 8.66. The lowest BCUT2D eigenvalue weighted by Crippen LogP contribution is -2.60. The van der Waals surface area contributed by atoms with Gasteiger partial charge in [0.25, 0.3) is 0 Å². The summed E-state index contributed by atoms with van der Waals surface area (Å²) < 4.78 is 0. The summed E-state index contributed by atoms with van der Waals surface area (Å²) in [6.45, 7) is 0.923. The highest BCUT2D eigenvalue weighted by atomic mass is 35.5. The number of amides is 1. The second-order valence-corrected chi connectivity index (χ2v) is 4.44. The lowest BCUT2D eigenvalue weighted by atomic mass is 9.93. The molecule has 2 rings (SSSR count). The molecule has 3 N–H and O–H groups in total. The molecule has 0 aromatic heterocycles. The van der Waals surface area contributed by atoms with Gasteiger partial charge < -0.3 is 15.7 Å². The number of carbonyl (C=O) groups excluding carboxylic acids is 1. The van der Waals surface area contributed by atoms with E-state index in [1.165, 1.54) is 0 Å². The molecule has 0 atom stereocenters. The normalized spacial score (nSPS) is 17.6. The van der Waals surface area contributed by atoms with Crippen molar-refractivity contribution in [3.05, 3.63) is 29.3 Å². The van der Waals surface area contributed by atoms with Gasteiger partial charge in [0.2, 0.25) is 5.91 Å². The summed E-state index contributed by atoms with van der Waals surface area (Å²) in [6.07, 6.45) is 0.0885. The number of para-hydroxylation sites is 1. The number of hydrogen-bond acceptors (Lipinski definition) is 3. The van der Waals surface area contributed by atoms with Gasteiger partial charge in [-0.25, -0.2) is 0 Å². The van der Waals surface area contributed by atoms with Crippen molar-refractivity contribution in [2.45, 2.75) is 12.0 Å².